The number of amides is 1. The van der Waals surface area contributed by atoms with Gasteiger partial charge in [-0.1, -0.05) is 29.8 Å². The van der Waals surface area contributed by atoms with Gasteiger partial charge in [-0.15, -0.1) is 0 Å². The molecule has 0 unspecified atom stereocenters. The van der Waals surface area contributed by atoms with Gasteiger partial charge in [-0.3, -0.25) is 14.4 Å². The largest absolute Gasteiger partial charge is 0.376 e. The average molecular weight is 551 g/mol. The molecule has 2 heterocycles. The Hall–Kier alpha value is -3.26. The zero-order chi connectivity index (χ0) is 28.3. The lowest BCUT2D eigenvalue weighted by atomic mass is 9.92. The van der Waals surface area contributed by atoms with Gasteiger partial charge in [0, 0.05) is 41.4 Å². The molecule has 206 valence electrons. The van der Waals surface area contributed by atoms with Crippen molar-refractivity contribution in [1.82, 2.24) is 4.57 Å². The second-order valence-corrected chi connectivity index (χ2v) is 11.5. The predicted molar refractivity (Wildman–Crippen MR) is 152 cm³/mol. The van der Waals surface area contributed by atoms with E-state index in [1.807, 2.05) is 45.9 Å². The van der Waals surface area contributed by atoms with E-state index in [0.29, 0.717) is 36.6 Å². The topological polar surface area (TPSA) is 101 Å². The van der Waals surface area contributed by atoms with Crippen LogP contribution in [-0.2, 0) is 33.7 Å². The molecule has 8 heteroatoms. The van der Waals surface area contributed by atoms with Crippen molar-refractivity contribution in [1.29, 1.82) is 0 Å². The number of ketones is 1. The number of hydrogen-bond donors (Lipinski definition) is 1. The number of carbonyl (C=O) groups is 2. The Balaban J connectivity index is 1.73. The standard InChI is InChI=1S/C31H35ClN2O5/c1-19-13-22-9-10-24(32)15-25(22)26-16-29(36)34(17-23(26)18-38-19)27(11-12-39-31(2,3)4)28(35)14-20-5-7-21(8-6-20)30(33)37/h5-10,15-17,19,27H,11-14,18H2,1-4H3,(H2,33,37)/t19-,27+/m1/s1. The minimum Gasteiger partial charge on any atom is -0.376 e. The molecule has 2 aromatic carbocycles. The Morgan fingerprint density at radius 3 is 2.46 bits per heavy atom. The van der Waals surface area contributed by atoms with Crippen LogP contribution < -0.4 is 11.3 Å². The summed E-state index contributed by atoms with van der Waals surface area (Å²) in [6.07, 6.45) is 2.84. The van der Waals surface area contributed by atoms with E-state index in [0.717, 1.165) is 27.8 Å². The SMILES string of the molecule is C[C@@H]1Cc2ccc(Cl)cc2-c2cc(=O)n([C@@H](CCOC(C)(C)C)C(=O)Cc3ccc(C(N)=O)cc3)cc2CO1. The monoisotopic (exact) mass is 550 g/mol. The van der Waals surface area contributed by atoms with E-state index < -0.39 is 11.9 Å². The number of carbonyl (C=O) groups excluding carboxylic acids is 2. The van der Waals surface area contributed by atoms with E-state index in [9.17, 15) is 14.4 Å². The van der Waals surface area contributed by atoms with Crippen LogP contribution in [0.5, 0.6) is 0 Å². The summed E-state index contributed by atoms with van der Waals surface area (Å²) in [5, 5.41) is 0.591. The van der Waals surface area contributed by atoms with Gasteiger partial charge in [0.2, 0.25) is 5.91 Å². The highest BCUT2D eigenvalue weighted by atomic mass is 35.5. The van der Waals surface area contributed by atoms with Crippen LogP contribution in [-0.4, -0.2) is 34.6 Å². The third-order valence-corrected chi connectivity index (χ3v) is 7.04. The van der Waals surface area contributed by atoms with E-state index in [4.69, 9.17) is 26.8 Å². The molecular formula is C31H35ClN2O5. The van der Waals surface area contributed by atoms with Crippen LogP contribution in [0.4, 0.5) is 0 Å². The number of primary amides is 1. The first-order valence-electron chi connectivity index (χ1n) is 13.1. The van der Waals surface area contributed by atoms with Crippen LogP contribution in [0, 0.1) is 0 Å². The van der Waals surface area contributed by atoms with Gasteiger partial charge in [0.15, 0.2) is 5.78 Å². The Bertz CT molecular complexity index is 1420. The molecule has 2 atom stereocenters. The van der Waals surface area contributed by atoms with Crippen molar-refractivity contribution >= 4 is 23.3 Å². The molecule has 0 bridgehead atoms. The van der Waals surface area contributed by atoms with Crippen molar-refractivity contribution in [2.75, 3.05) is 6.61 Å². The molecule has 0 saturated carbocycles. The van der Waals surface area contributed by atoms with Crippen molar-refractivity contribution in [3.8, 4) is 11.1 Å². The Kier molecular flexibility index (Phi) is 8.74. The molecule has 1 aliphatic rings. The number of nitrogens with zero attached hydrogens (tertiary/aromatic N) is 1. The van der Waals surface area contributed by atoms with Gasteiger partial charge < -0.3 is 19.8 Å². The number of Topliss-reactive ketones (excluding diaryl/α,β-unsaturated/α-hetero) is 1. The van der Waals surface area contributed by atoms with E-state index in [2.05, 4.69) is 0 Å². The fourth-order valence-corrected chi connectivity index (χ4v) is 4.99. The zero-order valence-electron chi connectivity index (χ0n) is 22.8. The van der Waals surface area contributed by atoms with Gasteiger partial charge >= 0.3 is 0 Å². The number of pyridine rings is 1. The Labute approximate surface area is 233 Å². The van der Waals surface area contributed by atoms with Crippen molar-refractivity contribution in [3.05, 3.63) is 92.4 Å². The first kappa shape index (κ1) is 28.7. The molecule has 1 aromatic heterocycles. The summed E-state index contributed by atoms with van der Waals surface area (Å²) in [5.74, 6) is -0.665. The molecule has 0 radical (unpaired) electrons. The number of rotatable bonds is 8. The molecule has 2 N–H and O–H groups in total. The molecule has 3 aromatic rings. The molecule has 0 saturated heterocycles. The van der Waals surface area contributed by atoms with Gasteiger partial charge in [-0.05, 0) is 87.1 Å². The van der Waals surface area contributed by atoms with Crippen molar-refractivity contribution in [2.45, 2.75) is 71.3 Å². The minimum absolute atomic E-state index is 0.0283. The number of benzene rings is 2. The average Bonchev–Trinajstić information content (AvgIpc) is 2.86. The maximum absolute atomic E-state index is 13.7. The third-order valence-electron chi connectivity index (χ3n) is 6.81. The summed E-state index contributed by atoms with van der Waals surface area (Å²) in [7, 11) is 0. The molecule has 1 aliphatic heterocycles. The minimum atomic E-state index is -0.748. The molecule has 0 fully saturated rings. The summed E-state index contributed by atoms with van der Waals surface area (Å²) < 4.78 is 13.5. The molecule has 7 nitrogen and oxygen atoms in total. The van der Waals surface area contributed by atoms with Gasteiger partial charge in [0.25, 0.3) is 5.56 Å². The highest BCUT2D eigenvalue weighted by molar-refractivity contribution is 6.30. The second-order valence-electron chi connectivity index (χ2n) is 11.1. The van der Waals surface area contributed by atoms with Crippen molar-refractivity contribution < 1.29 is 19.1 Å². The van der Waals surface area contributed by atoms with Gasteiger partial charge in [0.1, 0.15) is 0 Å². The zero-order valence-corrected chi connectivity index (χ0v) is 23.6. The molecule has 39 heavy (non-hydrogen) atoms. The van der Waals surface area contributed by atoms with Crippen molar-refractivity contribution in [3.63, 3.8) is 0 Å². The predicted octanol–water partition coefficient (Wildman–Crippen LogP) is 5.29. The second kappa shape index (κ2) is 11.9. The Morgan fingerprint density at radius 1 is 1.10 bits per heavy atom. The maximum atomic E-state index is 13.7. The number of aromatic nitrogens is 1. The van der Waals surface area contributed by atoms with Gasteiger partial charge in [-0.2, -0.15) is 0 Å². The van der Waals surface area contributed by atoms with E-state index >= 15 is 0 Å². The summed E-state index contributed by atoms with van der Waals surface area (Å²) in [6.45, 7) is 8.46. The lowest BCUT2D eigenvalue weighted by Crippen LogP contribution is -2.33. The van der Waals surface area contributed by atoms with E-state index in [1.54, 1.807) is 36.5 Å². The van der Waals surface area contributed by atoms with Crippen LogP contribution in [0.15, 0.2) is 59.5 Å². The number of fused-ring (bicyclic) bond motifs is 3. The quantitative estimate of drug-likeness (QED) is 0.411. The summed E-state index contributed by atoms with van der Waals surface area (Å²) in [6, 6.07) is 13.1. The fourth-order valence-electron chi connectivity index (χ4n) is 4.82. The smallest absolute Gasteiger partial charge is 0.251 e. The fraction of sp³-hybridized carbons (Fsp3) is 0.387. The number of ether oxygens (including phenoxy) is 2. The lowest BCUT2D eigenvalue weighted by Gasteiger charge is -2.26. The number of nitrogens with two attached hydrogens (primary N) is 1. The van der Waals surface area contributed by atoms with Crippen LogP contribution in [0.25, 0.3) is 11.1 Å². The van der Waals surface area contributed by atoms with Crippen LogP contribution in [0.2, 0.25) is 5.02 Å². The van der Waals surface area contributed by atoms with E-state index in [-0.39, 0.29) is 29.5 Å². The van der Waals surface area contributed by atoms with Crippen LogP contribution in [0.3, 0.4) is 0 Å². The highest BCUT2D eigenvalue weighted by Gasteiger charge is 2.26. The molecule has 0 spiro atoms. The highest BCUT2D eigenvalue weighted by Crippen LogP contribution is 2.33. The molecule has 4 rings (SSSR count). The first-order chi connectivity index (χ1) is 18.4. The first-order valence-corrected chi connectivity index (χ1v) is 13.5. The number of halogens is 1. The lowest BCUT2D eigenvalue weighted by molar-refractivity contribution is -0.122. The summed E-state index contributed by atoms with van der Waals surface area (Å²) >= 11 is 6.34. The molecule has 1 amide bonds. The Morgan fingerprint density at radius 2 is 1.79 bits per heavy atom. The van der Waals surface area contributed by atoms with Crippen LogP contribution in [0.1, 0.15) is 67.2 Å². The number of hydrogen-bond acceptors (Lipinski definition) is 5. The van der Waals surface area contributed by atoms with Crippen molar-refractivity contribution in [2.24, 2.45) is 5.73 Å². The van der Waals surface area contributed by atoms with Gasteiger partial charge in [0.05, 0.1) is 24.4 Å². The summed E-state index contributed by atoms with van der Waals surface area (Å²) in [4.78, 5) is 38.7. The normalized spacial score (nSPS) is 16.0. The van der Waals surface area contributed by atoms with Crippen LogP contribution >= 0.6 is 11.6 Å². The van der Waals surface area contributed by atoms with E-state index in [1.165, 1.54) is 4.57 Å². The summed E-state index contributed by atoms with van der Waals surface area (Å²) in [5.41, 5.74) is 9.30. The maximum Gasteiger partial charge on any atom is 0.251 e. The third kappa shape index (κ3) is 7.24. The van der Waals surface area contributed by atoms with Gasteiger partial charge in [-0.25, -0.2) is 0 Å². The molecule has 0 aliphatic carbocycles. The molecular weight excluding hydrogens is 516 g/mol.